The van der Waals surface area contributed by atoms with Crippen LogP contribution in [0.4, 0.5) is 17.1 Å². The van der Waals surface area contributed by atoms with Crippen LogP contribution >= 0.6 is 0 Å². The molecule has 0 amide bonds. The molecule has 0 saturated carbocycles. The van der Waals surface area contributed by atoms with E-state index >= 15 is 0 Å². The van der Waals surface area contributed by atoms with Crippen molar-refractivity contribution in [3.63, 3.8) is 0 Å². The van der Waals surface area contributed by atoms with Gasteiger partial charge in [0.05, 0.1) is 0 Å². The van der Waals surface area contributed by atoms with Gasteiger partial charge in [-0.3, -0.25) is 0 Å². The van der Waals surface area contributed by atoms with Gasteiger partial charge in [0, 0.05) is 33.5 Å². The molecule has 0 saturated heterocycles. The monoisotopic (exact) mass is 645 g/mol. The SMILES string of the molecule is CC1(C)c2ccccc2-c2ccc(N(c3ccc(-c4ccccc4)cc3)c3ccc(-c4ccc(O)c5c4C(C)(C)c4ccccc4-5)cc3)cc21. The van der Waals surface area contributed by atoms with Gasteiger partial charge in [-0.1, -0.05) is 143 Å². The van der Waals surface area contributed by atoms with Crippen molar-refractivity contribution in [1.29, 1.82) is 0 Å². The fraction of sp³-hybridized carbons (Fsp3) is 0.125. The summed E-state index contributed by atoms with van der Waals surface area (Å²) in [5.41, 5.74) is 17.6. The number of rotatable bonds is 5. The first kappa shape index (κ1) is 30.2. The highest BCUT2D eigenvalue weighted by Crippen LogP contribution is 2.55. The summed E-state index contributed by atoms with van der Waals surface area (Å²) in [6.45, 7) is 9.21. The topological polar surface area (TPSA) is 23.5 Å². The second-order valence-electron chi connectivity index (χ2n) is 14.7. The fourth-order valence-corrected chi connectivity index (χ4v) is 8.64. The Morgan fingerprint density at radius 2 is 0.900 bits per heavy atom. The molecule has 2 aliphatic rings. The van der Waals surface area contributed by atoms with E-state index in [9.17, 15) is 5.11 Å². The van der Waals surface area contributed by atoms with Crippen LogP contribution in [-0.2, 0) is 10.8 Å². The van der Waals surface area contributed by atoms with Crippen molar-refractivity contribution in [2.75, 3.05) is 4.90 Å². The Morgan fingerprint density at radius 3 is 1.58 bits per heavy atom. The second-order valence-corrected chi connectivity index (χ2v) is 14.7. The van der Waals surface area contributed by atoms with Crippen molar-refractivity contribution in [2.24, 2.45) is 0 Å². The Hall–Kier alpha value is -5.86. The van der Waals surface area contributed by atoms with Crippen LogP contribution in [0.5, 0.6) is 5.75 Å². The number of phenolic OH excluding ortho intramolecular Hbond substituents is 1. The average molecular weight is 646 g/mol. The molecule has 7 aromatic rings. The Morgan fingerprint density at radius 1 is 0.400 bits per heavy atom. The van der Waals surface area contributed by atoms with Crippen LogP contribution in [0.3, 0.4) is 0 Å². The first-order chi connectivity index (χ1) is 24.2. The third kappa shape index (κ3) is 4.48. The van der Waals surface area contributed by atoms with E-state index in [2.05, 4.69) is 184 Å². The smallest absolute Gasteiger partial charge is 0.123 e. The lowest BCUT2D eigenvalue weighted by atomic mass is 9.78. The number of benzene rings is 7. The summed E-state index contributed by atoms with van der Waals surface area (Å²) < 4.78 is 0. The third-order valence-corrected chi connectivity index (χ3v) is 11.2. The molecule has 2 aliphatic carbocycles. The highest BCUT2D eigenvalue weighted by molar-refractivity contribution is 5.92. The molecule has 0 heterocycles. The second kappa shape index (κ2) is 11.1. The molecule has 7 aromatic carbocycles. The van der Waals surface area contributed by atoms with Crippen LogP contribution < -0.4 is 4.90 Å². The highest BCUT2D eigenvalue weighted by Gasteiger charge is 2.39. The zero-order valence-corrected chi connectivity index (χ0v) is 28.9. The lowest BCUT2D eigenvalue weighted by Crippen LogP contribution is -2.16. The van der Waals surface area contributed by atoms with Crippen LogP contribution in [0.1, 0.15) is 49.9 Å². The maximum absolute atomic E-state index is 11.1. The lowest BCUT2D eigenvalue weighted by molar-refractivity contribution is 0.476. The van der Waals surface area contributed by atoms with E-state index in [1.165, 1.54) is 44.5 Å². The van der Waals surface area contributed by atoms with E-state index in [0.29, 0.717) is 5.75 Å². The molecule has 0 atom stereocenters. The van der Waals surface area contributed by atoms with E-state index in [0.717, 1.165) is 39.3 Å². The van der Waals surface area contributed by atoms with Gasteiger partial charge in [0.25, 0.3) is 0 Å². The Kier molecular flexibility index (Phi) is 6.70. The summed E-state index contributed by atoms with van der Waals surface area (Å²) >= 11 is 0. The number of anilines is 3. The van der Waals surface area contributed by atoms with Crippen molar-refractivity contribution in [1.82, 2.24) is 0 Å². The molecule has 242 valence electrons. The van der Waals surface area contributed by atoms with E-state index in [1.54, 1.807) is 0 Å². The predicted octanol–water partition coefficient (Wildman–Crippen LogP) is 12.8. The van der Waals surface area contributed by atoms with Crippen molar-refractivity contribution in [3.05, 3.63) is 180 Å². The van der Waals surface area contributed by atoms with Crippen LogP contribution in [0.2, 0.25) is 0 Å². The molecule has 1 N–H and O–H groups in total. The average Bonchev–Trinajstić information content (AvgIpc) is 3.53. The summed E-state index contributed by atoms with van der Waals surface area (Å²) in [7, 11) is 0. The molecule has 0 unspecified atom stereocenters. The maximum atomic E-state index is 11.1. The minimum Gasteiger partial charge on any atom is -0.507 e. The quantitative estimate of drug-likeness (QED) is 0.201. The molecular weight excluding hydrogens is 607 g/mol. The van der Waals surface area contributed by atoms with Crippen molar-refractivity contribution < 1.29 is 5.11 Å². The van der Waals surface area contributed by atoms with Gasteiger partial charge >= 0.3 is 0 Å². The van der Waals surface area contributed by atoms with Gasteiger partial charge in [-0.15, -0.1) is 0 Å². The molecule has 9 rings (SSSR count). The first-order valence-corrected chi connectivity index (χ1v) is 17.5. The number of phenols is 1. The maximum Gasteiger partial charge on any atom is 0.123 e. The molecule has 0 radical (unpaired) electrons. The van der Waals surface area contributed by atoms with E-state index in [1.807, 2.05) is 6.07 Å². The van der Waals surface area contributed by atoms with Gasteiger partial charge in [-0.2, -0.15) is 0 Å². The summed E-state index contributed by atoms with van der Waals surface area (Å²) in [4.78, 5) is 2.37. The van der Waals surface area contributed by atoms with E-state index in [-0.39, 0.29) is 10.8 Å². The minimum atomic E-state index is -0.236. The van der Waals surface area contributed by atoms with Crippen molar-refractivity contribution in [2.45, 2.75) is 38.5 Å². The number of hydrogen-bond acceptors (Lipinski definition) is 2. The van der Waals surface area contributed by atoms with Gasteiger partial charge in [0.2, 0.25) is 0 Å². The largest absolute Gasteiger partial charge is 0.507 e. The summed E-state index contributed by atoms with van der Waals surface area (Å²) in [6.07, 6.45) is 0. The summed E-state index contributed by atoms with van der Waals surface area (Å²) in [6, 6.07) is 56.6. The zero-order valence-electron chi connectivity index (χ0n) is 28.9. The minimum absolute atomic E-state index is 0.0989. The molecule has 2 nitrogen and oxygen atoms in total. The normalized spacial score (nSPS) is 14.4. The molecule has 0 aromatic heterocycles. The lowest BCUT2D eigenvalue weighted by Gasteiger charge is -2.29. The van der Waals surface area contributed by atoms with Gasteiger partial charge in [-0.25, -0.2) is 0 Å². The van der Waals surface area contributed by atoms with Gasteiger partial charge < -0.3 is 10.0 Å². The number of nitrogens with zero attached hydrogens (tertiary/aromatic N) is 1. The van der Waals surface area contributed by atoms with Crippen molar-refractivity contribution >= 4 is 17.1 Å². The van der Waals surface area contributed by atoms with Crippen LogP contribution in [0, 0.1) is 0 Å². The summed E-state index contributed by atoms with van der Waals surface area (Å²) in [5, 5.41) is 11.1. The Labute approximate surface area is 295 Å². The molecule has 0 fully saturated rings. The highest BCUT2D eigenvalue weighted by atomic mass is 16.3. The van der Waals surface area contributed by atoms with Crippen molar-refractivity contribution in [3.8, 4) is 50.3 Å². The number of hydrogen-bond donors (Lipinski definition) is 1. The Bertz CT molecular complexity index is 2420. The molecule has 50 heavy (non-hydrogen) atoms. The standard InChI is InChI=1S/C48H39NO/c1-47(2)41-16-10-8-14-38(41)39-27-26-36(30-43(39)47)49(34-22-18-32(19-23-34)31-12-6-5-7-13-31)35-24-20-33(21-25-35)37-28-29-44(50)45-40-15-9-11-17-42(40)48(3,4)46(37)45/h5-30,50H,1-4H3. The van der Waals surface area contributed by atoms with Crippen LogP contribution in [0.25, 0.3) is 44.5 Å². The van der Waals surface area contributed by atoms with Gasteiger partial charge in [-0.05, 0) is 104 Å². The molecular formula is C48H39NO. The third-order valence-electron chi connectivity index (χ3n) is 11.2. The Balaban J connectivity index is 1.16. The van der Waals surface area contributed by atoms with E-state index < -0.39 is 0 Å². The first-order valence-electron chi connectivity index (χ1n) is 17.5. The summed E-state index contributed by atoms with van der Waals surface area (Å²) in [5.74, 6) is 0.338. The van der Waals surface area contributed by atoms with Crippen LogP contribution in [0.15, 0.2) is 158 Å². The fourth-order valence-electron chi connectivity index (χ4n) is 8.64. The molecule has 2 heteroatoms. The molecule has 0 aliphatic heterocycles. The molecule has 0 spiro atoms. The van der Waals surface area contributed by atoms with Gasteiger partial charge in [0.15, 0.2) is 0 Å². The molecule has 0 bridgehead atoms. The van der Waals surface area contributed by atoms with Crippen LogP contribution in [-0.4, -0.2) is 5.11 Å². The number of aromatic hydroxyl groups is 1. The number of fused-ring (bicyclic) bond motifs is 6. The van der Waals surface area contributed by atoms with E-state index in [4.69, 9.17) is 0 Å². The zero-order chi connectivity index (χ0) is 34.2. The predicted molar refractivity (Wildman–Crippen MR) is 209 cm³/mol. The van der Waals surface area contributed by atoms with Gasteiger partial charge in [0.1, 0.15) is 5.75 Å².